The van der Waals surface area contributed by atoms with Gasteiger partial charge >= 0.3 is 0 Å². The van der Waals surface area contributed by atoms with Crippen molar-refractivity contribution in [1.82, 2.24) is 0 Å². The van der Waals surface area contributed by atoms with Crippen LogP contribution in [0.1, 0.15) is 39.0 Å². The summed E-state index contributed by atoms with van der Waals surface area (Å²) in [5.74, 6) is 0.337. The molecule has 0 aliphatic heterocycles. The number of rotatable bonds is 6. The first-order chi connectivity index (χ1) is 4.77. The molecule has 0 aromatic rings. The molecule has 3 heteroatoms. The third-order valence-corrected chi connectivity index (χ3v) is 2.04. The summed E-state index contributed by atoms with van der Waals surface area (Å²) in [4.78, 5) is 0. The molecule has 0 aromatic heterocycles. The van der Waals surface area contributed by atoms with Gasteiger partial charge in [0.2, 0.25) is 0 Å². The molecule has 0 amide bonds. The highest BCUT2D eigenvalue weighted by Gasteiger charge is 1.87. The van der Waals surface area contributed by atoms with Gasteiger partial charge in [-0.15, -0.1) is 0 Å². The SMILES string of the molecule is CCCCCCCS(=O)[O-]. The molecule has 0 bridgehead atoms. The minimum Gasteiger partial charge on any atom is -0.772 e. The number of hydrogen-bond acceptors (Lipinski definition) is 2. The molecule has 1 atom stereocenters. The topological polar surface area (TPSA) is 40.1 Å². The van der Waals surface area contributed by atoms with E-state index in [4.69, 9.17) is 0 Å². The second kappa shape index (κ2) is 7.22. The van der Waals surface area contributed by atoms with Crippen LogP contribution in [0, 0.1) is 0 Å². The summed E-state index contributed by atoms with van der Waals surface area (Å²) in [6, 6.07) is 0. The van der Waals surface area contributed by atoms with Crippen LogP contribution >= 0.6 is 0 Å². The number of unbranched alkanes of at least 4 members (excludes halogenated alkanes) is 4. The molecule has 0 aliphatic rings. The van der Waals surface area contributed by atoms with E-state index in [1.54, 1.807) is 0 Å². The van der Waals surface area contributed by atoms with E-state index in [9.17, 15) is 8.76 Å². The average molecular weight is 163 g/mol. The van der Waals surface area contributed by atoms with Crippen molar-refractivity contribution in [1.29, 1.82) is 0 Å². The van der Waals surface area contributed by atoms with Gasteiger partial charge in [0.05, 0.1) is 0 Å². The van der Waals surface area contributed by atoms with Crippen molar-refractivity contribution in [2.24, 2.45) is 0 Å². The summed E-state index contributed by atoms with van der Waals surface area (Å²) < 4.78 is 20.1. The molecule has 0 aliphatic carbocycles. The lowest BCUT2D eigenvalue weighted by Crippen LogP contribution is -1.94. The molecule has 0 heterocycles. The predicted octanol–water partition coefficient (Wildman–Crippen LogP) is 1.84. The van der Waals surface area contributed by atoms with E-state index in [2.05, 4.69) is 6.92 Å². The Morgan fingerprint density at radius 3 is 2.30 bits per heavy atom. The monoisotopic (exact) mass is 163 g/mol. The summed E-state index contributed by atoms with van der Waals surface area (Å²) >= 11 is -1.82. The minimum atomic E-state index is -1.82. The first kappa shape index (κ1) is 10.1. The van der Waals surface area contributed by atoms with Crippen molar-refractivity contribution < 1.29 is 8.76 Å². The van der Waals surface area contributed by atoms with E-state index in [0.29, 0.717) is 5.75 Å². The van der Waals surface area contributed by atoms with Crippen LogP contribution in [0.25, 0.3) is 0 Å². The lowest BCUT2D eigenvalue weighted by molar-refractivity contribution is 0.531. The highest BCUT2D eigenvalue weighted by molar-refractivity contribution is 7.79. The van der Waals surface area contributed by atoms with Gasteiger partial charge in [-0.2, -0.15) is 0 Å². The lowest BCUT2D eigenvalue weighted by Gasteiger charge is -2.02. The third-order valence-electron chi connectivity index (χ3n) is 1.41. The van der Waals surface area contributed by atoms with Gasteiger partial charge in [0.25, 0.3) is 0 Å². The molecular weight excluding hydrogens is 148 g/mol. The summed E-state index contributed by atoms with van der Waals surface area (Å²) in [5, 5.41) is 0. The van der Waals surface area contributed by atoms with Crippen molar-refractivity contribution in [3.63, 3.8) is 0 Å². The summed E-state index contributed by atoms with van der Waals surface area (Å²) in [6.07, 6.45) is 5.50. The number of hydrogen-bond donors (Lipinski definition) is 0. The van der Waals surface area contributed by atoms with Crippen molar-refractivity contribution in [2.45, 2.75) is 39.0 Å². The molecule has 0 spiro atoms. The smallest absolute Gasteiger partial charge is 0.0102 e. The normalized spacial score (nSPS) is 13.4. The van der Waals surface area contributed by atoms with E-state index in [1.165, 1.54) is 19.3 Å². The Balaban J connectivity index is 2.84. The maximum Gasteiger partial charge on any atom is 0.0102 e. The lowest BCUT2D eigenvalue weighted by atomic mass is 10.2. The van der Waals surface area contributed by atoms with Gasteiger partial charge in [0.15, 0.2) is 0 Å². The molecule has 0 fully saturated rings. The molecule has 0 saturated heterocycles. The second-order valence-corrected chi connectivity index (χ2v) is 3.44. The van der Waals surface area contributed by atoms with Crippen LogP contribution in [0.5, 0.6) is 0 Å². The standard InChI is InChI=1S/C7H16O2S/c1-2-3-4-5-6-7-10(8)9/h2-7H2,1H3,(H,8,9)/p-1. The Hall–Kier alpha value is 0.110. The third kappa shape index (κ3) is 8.11. The largest absolute Gasteiger partial charge is 0.772 e. The Kier molecular flexibility index (Phi) is 7.30. The zero-order valence-electron chi connectivity index (χ0n) is 6.47. The molecule has 1 unspecified atom stereocenters. The van der Waals surface area contributed by atoms with Crippen LogP contribution in [0.4, 0.5) is 0 Å². The van der Waals surface area contributed by atoms with Crippen molar-refractivity contribution in [2.75, 3.05) is 5.75 Å². The summed E-state index contributed by atoms with van der Waals surface area (Å²) in [6.45, 7) is 2.14. The Labute approximate surface area is 65.3 Å². The summed E-state index contributed by atoms with van der Waals surface area (Å²) in [7, 11) is 0. The molecule has 0 radical (unpaired) electrons. The average Bonchev–Trinajstić information content (AvgIpc) is 1.87. The molecular formula is C7H15O2S-. The molecule has 0 saturated carbocycles. The quantitative estimate of drug-likeness (QED) is 0.443. The Morgan fingerprint density at radius 1 is 1.20 bits per heavy atom. The van der Waals surface area contributed by atoms with E-state index >= 15 is 0 Å². The fraction of sp³-hybridized carbons (Fsp3) is 1.00. The molecule has 62 valence electrons. The Morgan fingerprint density at radius 2 is 1.80 bits per heavy atom. The van der Waals surface area contributed by atoms with Crippen LogP contribution in [0.3, 0.4) is 0 Å². The van der Waals surface area contributed by atoms with Crippen LogP contribution in [0.15, 0.2) is 0 Å². The van der Waals surface area contributed by atoms with E-state index in [0.717, 1.165) is 12.8 Å². The van der Waals surface area contributed by atoms with Gasteiger partial charge in [-0.05, 0) is 6.42 Å². The van der Waals surface area contributed by atoms with Gasteiger partial charge in [0, 0.05) is 5.75 Å². The fourth-order valence-corrected chi connectivity index (χ4v) is 1.26. The van der Waals surface area contributed by atoms with Gasteiger partial charge in [-0.25, -0.2) is 0 Å². The van der Waals surface area contributed by atoms with Gasteiger partial charge < -0.3 is 4.55 Å². The molecule has 2 nitrogen and oxygen atoms in total. The first-order valence-electron chi connectivity index (χ1n) is 3.83. The van der Waals surface area contributed by atoms with Crippen molar-refractivity contribution in [3.05, 3.63) is 0 Å². The molecule has 0 rings (SSSR count). The summed E-state index contributed by atoms with van der Waals surface area (Å²) in [5.41, 5.74) is 0. The molecule has 0 N–H and O–H groups in total. The van der Waals surface area contributed by atoms with Crippen LogP contribution < -0.4 is 0 Å². The first-order valence-corrected chi connectivity index (χ1v) is 5.07. The Bertz CT molecular complexity index is 93.6. The fourth-order valence-electron chi connectivity index (χ4n) is 0.823. The van der Waals surface area contributed by atoms with E-state index in [1.807, 2.05) is 0 Å². The van der Waals surface area contributed by atoms with Crippen molar-refractivity contribution in [3.8, 4) is 0 Å². The minimum absolute atomic E-state index is 0.337. The van der Waals surface area contributed by atoms with Gasteiger partial charge in [0.1, 0.15) is 0 Å². The zero-order valence-corrected chi connectivity index (χ0v) is 7.28. The van der Waals surface area contributed by atoms with Crippen LogP contribution in [0.2, 0.25) is 0 Å². The van der Waals surface area contributed by atoms with Crippen molar-refractivity contribution >= 4 is 11.1 Å². The van der Waals surface area contributed by atoms with Gasteiger partial charge in [-0.3, -0.25) is 4.21 Å². The van der Waals surface area contributed by atoms with Crippen LogP contribution in [-0.2, 0) is 11.1 Å². The van der Waals surface area contributed by atoms with E-state index < -0.39 is 11.1 Å². The van der Waals surface area contributed by atoms with Gasteiger partial charge in [-0.1, -0.05) is 43.7 Å². The van der Waals surface area contributed by atoms with Crippen LogP contribution in [-0.4, -0.2) is 14.5 Å². The molecule has 10 heavy (non-hydrogen) atoms. The highest BCUT2D eigenvalue weighted by Crippen LogP contribution is 2.02. The highest BCUT2D eigenvalue weighted by atomic mass is 32.2. The second-order valence-electron chi connectivity index (χ2n) is 2.42. The van der Waals surface area contributed by atoms with E-state index in [-0.39, 0.29) is 0 Å². The molecule has 0 aromatic carbocycles. The zero-order chi connectivity index (χ0) is 7.82. The maximum atomic E-state index is 10.0. The predicted molar refractivity (Wildman–Crippen MR) is 42.5 cm³/mol. The maximum absolute atomic E-state index is 10.0.